The summed E-state index contributed by atoms with van der Waals surface area (Å²) < 4.78 is 3.33. The summed E-state index contributed by atoms with van der Waals surface area (Å²) >= 11 is 0. The van der Waals surface area contributed by atoms with Crippen molar-refractivity contribution in [1.29, 1.82) is 0 Å². The number of fused-ring (bicyclic) bond motifs is 1. The lowest BCUT2D eigenvalue weighted by molar-refractivity contribution is 0.0711. The van der Waals surface area contributed by atoms with Crippen molar-refractivity contribution in [2.75, 3.05) is 13.1 Å². The summed E-state index contributed by atoms with van der Waals surface area (Å²) in [6, 6.07) is 3.47. The third-order valence-electron chi connectivity index (χ3n) is 5.45. The van der Waals surface area contributed by atoms with E-state index in [-0.39, 0.29) is 17.4 Å². The molecular weight excluding hydrogens is 344 g/mol. The number of carbonyl (C=O) groups excluding carboxylic acids is 1. The molecule has 0 unspecified atom stereocenters. The standard InChI is InChI=1S/C19H24N6O2/c1-4-24-13(3)15(11-20-24)19(27)23-7-5-14(6-8-23)16-10-17-21-12(2)9-18(26)25(17)22-16/h9-11,14,22H,4-8H2,1-3H3. The number of carbonyl (C=O) groups is 1. The first-order valence-corrected chi connectivity index (χ1v) is 9.39. The minimum Gasteiger partial charge on any atom is -0.338 e. The highest BCUT2D eigenvalue weighted by molar-refractivity contribution is 5.95. The maximum atomic E-state index is 12.8. The molecule has 8 nitrogen and oxygen atoms in total. The fraction of sp³-hybridized carbons (Fsp3) is 0.474. The molecule has 0 saturated carbocycles. The highest BCUT2D eigenvalue weighted by Crippen LogP contribution is 2.28. The van der Waals surface area contributed by atoms with Gasteiger partial charge in [0.05, 0.1) is 11.8 Å². The first kappa shape index (κ1) is 17.5. The first-order chi connectivity index (χ1) is 13.0. The fourth-order valence-electron chi connectivity index (χ4n) is 3.88. The molecule has 1 aliphatic rings. The first-order valence-electron chi connectivity index (χ1n) is 9.39. The zero-order valence-electron chi connectivity index (χ0n) is 15.9. The average Bonchev–Trinajstić information content (AvgIpc) is 3.25. The molecule has 0 bridgehead atoms. The van der Waals surface area contributed by atoms with Gasteiger partial charge in [-0.3, -0.25) is 19.4 Å². The number of piperidine rings is 1. The van der Waals surface area contributed by atoms with Crippen molar-refractivity contribution in [3.63, 3.8) is 0 Å². The largest absolute Gasteiger partial charge is 0.338 e. The normalized spacial score (nSPS) is 15.6. The van der Waals surface area contributed by atoms with Gasteiger partial charge in [0.25, 0.3) is 11.5 Å². The van der Waals surface area contributed by atoms with Gasteiger partial charge in [-0.2, -0.15) is 5.10 Å². The van der Waals surface area contributed by atoms with E-state index in [9.17, 15) is 9.59 Å². The van der Waals surface area contributed by atoms with E-state index in [0.29, 0.717) is 30.0 Å². The summed E-state index contributed by atoms with van der Waals surface area (Å²) in [5, 5.41) is 7.46. The van der Waals surface area contributed by atoms with E-state index in [0.717, 1.165) is 30.8 Å². The van der Waals surface area contributed by atoms with Crippen LogP contribution in [0.4, 0.5) is 0 Å². The van der Waals surface area contributed by atoms with Crippen molar-refractivity contribution < 1.29 is 4.79 Å². The van der Waals surface area contributed by atoms with Crippen LogP contribution in [0.1, 0.15) is 53.1 Å². The van der Waals surface area contributed by atoms with E-state index in [4.69, 9.17) is 0 Å². The molecule has 4 rings (SSSR count). The molecule has 3 aromatic rings. The summed E-state index contributed by atoms with van der Waals surface area (Å²) in [6.45, 7) is 7.92. The lowest BCUT2D eigenvalue weighted by Crippen LogP contribution is -2.38. The molecule has 0 atom stereocenters. The summed E-state index contributed by atoms with van der Waals surface area (Å²) in [7, 11) is 0. The maximum Gasteiger partial charge on any atom is 0.272 e. The smallest absolute Gasteiger partial charge is 0.272 e. The number of amides is 1. The van der Waals surface area contributed by atoms with E-state index < -0.39 is 0 Å². The summed E-state index contributed by atoms with van der Waals surface area (Å²) in [5.74, 6) is 0.339. The van der Waals surface area contributed by atoms with E-state index in [1.54, 1.807) is 6.20 Å². The Labute approximate surface area is 156 Å². The Balaban J connectivity index is 1.49. The Hall–Kier alpha value is -2.90. The van der Waals surface area contributed by atoms with Crippen LogP contribution in [0.2, 0.25) is 0 Å². The Bertz CT molecular complexity index is 1050. The number of H-pyrrole nitrogens is 1. The van der Waals surface area contributed by atoms with E-state index in [1.807, 2.05) is 36.4 Å². The Morgan fingerprint density at radius 3 is 2.67 bits per heavy atom. The number of rotatable bonds is 3. The van der Waals surface area contributed by atoms with Crippen LogP contribution in [0.5, 0.6) is 0 Å². The molecule has 0 spiro atoms. The molecule has 0 radical (unpaired) electrons. The van der Waals surface area contributed by atoms with Gasteiger partial charge in [0, 0.05) is 54.8 Å². The Morgan fingerprint density at radius 1 is 1.26 bits per heavy atom. The third kappa shape index (κ3) is 3.05. The van der Waals surface area contributed by atoms with Crippen LogP contribution in [0, 0.1) is 13.8 Å². The van der Waals surface area contributed by atoms with Crippen LogP contribution >= 0.6 is 0 Å². The zero-order valence-corrected chi connectivity index (χ0v) is 15.9. The summed E-state index contributed by atoms with van der Waals surface area (Å²) in [5.41, 5.74) is 3.88. The van der Waals surface area contributed by atoms with Gasteiger partial charge in [-0.15, -0.1) is 0 Å². The van der Waals surface area contributed by atoms with Crippen molar-refractivity contribution in [1.82, 2.24) is 29.3 Å². The molecule has 0 aromatic carbocycles. The molecule has 142 valence electrons. The number of aromatic nitrogens is 5. The Kier molecular flexibility index (Phi) is 4.33. The summed E-state index contributed by atoms with van der Waals surface area (Å²) in [6.07, 6.45) is 3.38. The van der Waals surface area contributed by atoms with Crippen molar-refractivity contribution in [2.45, 2.75) is 46.1 Å². The second-order valence-electron chi connectivity index (χ2n) is 7.17. The number of nitrogens with one attached hydrogen (secondary N) is 1. The molecule has 4 heterocycles. The molecule has 1 amide bonds. The quantitative estimate of drug-likeness (QED) is 0.764. The van der Waals surface area contributed by atoms with Crippen molar-refractivity contribution in [3.8, 4) is 0 Å². The van der Waals surface area contributed by atoms with Gasteiger partial charge in [-0.25, -0.2) is 9.50 Å². The maximum absolute atomic E-state index is 12.8. The molecule has 1 aliphatic heterocycles. The second-order valence-corrected chi connectivity index (χ2v) is 7.17. The molecule has 8 heteroatoms. The lowest BCUT2D eigenvalue weighted by atomic mass is 9.93. The van der Waals surface area contributed by atoms with E-state index in [2.05, 4.69) is 15.2 Å². The molecule has 1 N–H and O–H groups in total. The van der Waals surface area contributed by atoms with Gasteiger partial charge in [0.1, 0.15) is 0 Å². The third-order valence-corrected chi connectivity index (χ3v) is 5.45. The summed E-state index contributed by atoms with van der Waals surface area (Å²) in [4.78, 5) is 31.2. The van der Waals surface area contributed by atoms with Crippen LogP contribution in [-0.2, 0) is 6.54 Å². The fourth-order valence-corrected chi connectivity index (χ4v) is 3.88. The second kappa shape index (κ2) is 6.68. The monoisotopic (exact) mass is 368 g/mol. The van der Waals surface area contributed by atoms with Crippen LogP contribution in [-0.4, -0.2) is 48.3 Å². The molecule has 1 saturated heterocycles. The van der Waals surface area contributed by atoms with Crippen LogP contribution < -0.4 is 5.56 Å². The molecule has 3 aromatic heterocycles. The van der Waals surface area contributed by atoms with E-state index >= 15 is 0 Å². The number of likely N-dealkylation sites (tertiary alicyclic amines) is 1. The highest BCUT2D eigenvalue weighted by Gasteiger charge is 2.27. The average molecular weight is 368 g/mol. The number of aryl methyl sites for hydroxylation is 2. The molecule has 0 aliphatic carbocycles. The SMILES string of the molecule is CCn1ncc(C(=O)N2CCC(c3cc4nc(C)cc(=O)n4[nH]3)CC2)c1C. The van der Waals surface area contributed by atoms with Crippen LogP contribution in [0.3, 0.4) is 0 Å². The lowest BCUT2D eigenvalue weighted by Gasteiger charge is -2.31. The number of hydrogen-bond donors (Lipinski definition) is 1. The van der Waals surface area contributed by atoms with Crippen LogP contribution in [0.25, 0.3) is 5.65 Å². The van der Waals surface area contributed by atoms with Crippen LogP contribution in [0.15, 0.2) is 23.1 Å². The van der Waals surface area contributed by atoms with Gasteiger partial charge < -0.3 is 4.90 Å². The molecular formula is C19H24N6O2. The minimum absolute atomic E-state index is 0.0517. The van der Waals surface area contributed by atoms with Gasteiger partial charge in [-0.05, 0) is 33.6 Å². The number of aromatic amines is 1. The highest BCUT2D eigenvalue weighted by atomic mass is 16.2. The number of hydrogen-bond acceptors (Lipinski definition) is 4. The minimum atomic E-state index is -0.0974. The van der Waals surface area contributed by atoms with E-state index in [1.165, 1.54) is 10.6 Å². The topological polar surface area (TPSA) is 88.3 Å². The van der Waals surface area contributed by atoms with Crippen molar-refractivity contribution in [3.05, 3.63) is 51.3 Å². The van der Waals surface area contributed by atoms with Gasteiger partial charge in [0.15, 0.2) is 5.65 Å². The van der Waals surface area contributed by atoms with Gasteiger partial charge >= 0.3 is 0 Å². The molecule has 1 fully saturated rings. The zero-order chi connectivity index (χ0) is 19.1. The van der Waals surface area contributed by atoms with Crippen molar-refractivity contribution in [2.24, 2.45) is 0 Å². The van der Waals surface area contributed by atoms with Crippen molar-refractivity contribution >= 4 is 11.6 Å². The van der Waals surface area contributed by atoms with Gasteiger partial charge in [0.2, 0.25) is 0 Å². The number of nitrogens with zero attached hydrogens (tertiary/aromatic N) is 5. The predicted octanol–water partition coefficient (Wildman–Crippen LogP) is 1.88. The molecule has 27 heavy (non-hydrogen) atoms. The predicted molar refractivity (Wildman–Crippen MR) is 101 cm³/mol. The van der Waals surface area contributed by atoms with Gasteiger partial charge in [-0.1, -0.05) is 0 Å². The Morgan fingerprint density at radius 2 is 2.00 bits per heavy atom.